The highest BCUT2D eigenvalue weighted by Crippen LogP contribution is 2.14. The molecule has 0 spiro atoms. The number of ether oxygens (including phenoxy) is 1. The monoisotopic (exact) mass is 237 g/mol. The van der Waals surface area contributed by atoms with Crippen molar-refractivity contribution in [2.45, 2.75) is 18.9 Å². The van der Waals surface area contributed by atoms with Gasteiger partial charge in [-0.25, -0.2) is 8.42 Å². The van der Waals surface area contributed by atoms with Crippen LogP contribution in [0.4, 0.5) is 0 Å². The lowest BCUT2D eigenvalue weighted by Crippen LogP contribution is -2.54. The third-order valence-corrected chi connectivity index (χ3v) is 4.12. The van der Waals surface area contributed by atoms with Crippen molar-refractivity contribution in [1.82, 2.24) is 4.31 Å². The molecule has 0 aliphatic carbocycles. The van der Waals surface area contributed by atoms with Gasteiger partial charge in [0.25, 0.3) is 0 Å². The fourth-order valence-electron chi connectivity index (χ4n) is 1.27. The second kappa shape index (κ2) is 4.91. The molecule has 1 fully saturated rings. The van der Waals surface area contributed by atoms with Crippen LogP contribution in [0.25, 0.3) is 0 Å². The van der Waals surface area contributed by atoms with Crippen molar-refractivity contribution in [3.8, 4) is 0 Å². The number of sulfonamides is 1. The van der Waals surface area contributed by atoms with Gasteiger partial charge in [-0.15, -0.1) is 0 Å². The Labute approximate surface area is 88.9 Å². The average molecular weight is 237 g/mol. The number of aliphatic hydroxyl groups is 1. The summed E-state index contributed by atoms with van der Waals surface area (Å²) >= 11 is 0. The Morgan fingerprint density at radius 1 is 1.53 bits per heavy atom. The van der Waals surface area contributed by atoms with Gasteiger partial charge in [-0.1, -0.05) is 0 Å². The number of rotatable bonds is 5. The summed E-state index contributed by atoms with van der Waals surface area (Å²) in [6.45, 7) is 0.334. The molecule has 0 atom stereocenters. The number of methoxy groups -OCH3 is 1. The number of hydrogen-bond acceptors (Lipinski definition) is 5. The fraction of sp³-hybridized carbons (Fsp3) is 0.875. The van der Waals surface area contributed by atoms with E-state index in [1.54, 1.807) is 0 Å². The van der Waals surface area contributed by atoms with Crippen LogP contribution >= 0.6 is 0 Å². The Balaban J connectivity index is 2.28. The summed E-state index contributed by atoms with van der Waals surface area (Å²) in [5.41, 5.74) is 0. The van der Waals surface area contributed by atoms with Crippen LogP contribution in [0.1, 0.15) is 12.8 Å². The highest BCUT2D eigenvalue weighted by atomic mass is 32.2. The van der Waals surface area contributed by atoms with Gasteiger partial charge >= 0.3 is 5.97 Å². The molecule has 15 heavy (non-hydrogen) atoms. The lowest BCUT2D eigenvalue weighted by atomic mass is 10.2. The molecule has 1 heterocycles. The Morgan fingerprint density at radius 2 is 2.13 bits per heavy atom. The van der Waals surface area contributed by atoms with Crippen molar-refractivity contribution in [1.29, 1.82) is 0 Å². The van der Waals surface area contributed by atoms with Gasteiger partial charge in [-0.2, -0.15) is 4.31 Å². The van der Waals surface area contributed by atoms with Crippen molar-refractivity contribution in [2.24, 2.45) is 0 Å². The highest BCUT2D eigenvalue weighted by Gasteiger charge is 2.33. The third-order valence-electron chi connectivity index (χ3n) is 2.23. The van der Waals surface area contributed by atoms with E-state index in [-0.39, 0.29) is 31.7 Å². The second-order valence-corrected chi connectivity index (χ2v) is 5.55. The van der Waals surface area contributed by atoms with Gasteiger partial charge in [0, 0.05) is 19.5 Å². The Kier molecular flexibility index (Phi) is 4.06. The van der Waals surface area contributed by atoms with Crippen molar-refractivity contribution in [3.63, 3.8) is 0 Å². The zero-order chi connectivity index (χ0) is 11.5. The molecule has 1 aliphatic rings. The van der Waals surface area contributed by atoms with Crippen LogP contribution in [0.15, 0.2) is 0 Å². The fourth-order valence-corrected chi connectivity index (χ4v) is 2.84. The third kappa shape index (κ3) is 3.44. The predicted molar refractivity (Wildman–Crippen MR) is 52.6 cm³/mol. The number of aliphatic hydroxyl groups excluding tert-OH is 1. The first-order chi connectivity index (χ1) is 6.95. The van der Waals surface area contributed by atoms with Crippen molar-refractivity contribution >= 4 is 16.0 Å². The zero-order valence-electron chi connectivity index (χ0n) is 8.55. The number of carbonyl (C=O) groups is 1. The van der Waals surface area contributed by atoms with Crippen LogP contribution in [0.5, 0.6) is 0 Å². The summed E-state index contributed by atoms with van der Waals surface area (Å²) in [7, 11) is -2.03. The molecule has 88 valence electrons. The molecule has 7 heteroatoms. The molecule has 0 aromatic heterocycles. The first-order valence-corrected chi connectivity index (χ1v) is 6.29. The normalized spacial score (nSPS) is 18.5. The van der Waals surface area contributed by atoms with Crippen molar-refractivity contribution < 1.29 is 23.1 Å². The van der Waals surface area contributed by atoms with Gasteiger partial charge in [0.1, 0.15) is 0 Å². The summed E-state index contributed by atoms with van der Waals surface area (Å²) in [6, 6.07) is 0. The Hall–Kier alpha value is -0.660. The molecule has 1 N–H and O–H groups in total. The molecule has 0 aromatic carbocycles. The molecule has 0 aromatic rings. The summed E-state index contributed by atoms with van der Waals surface area (Å²) in [5, 5.41) is 8.95. The standard InChI is InChI=1S/C8H15NO5S/c1-14-8(11)3-2-4-15(12,13)9-5-7(10)6-9/h7,10H,2-6H2,1H3. The SMILES string of the molecule is COC(=O)CCCS(=O)(=O)N1CC(O)C1. The lowest BCUT2D eigenvalue weighted by Gasteiger charge is -2.34. The maximum absolute atomic E-state index is 11.5. The topological polar surface area (TPSA) is 83.9 Å². The van der Waals surface area contributed by atoms with Crippen LogP contribution in [-0.4, -0.2) is 55.9 Å². The minimum Gasteiger partial charge on any atom is -0.469 e. The van der Waals surface area contributed by atoms with Gasteiger partial charge in [-0.3, -0.25) is 4.79 Å². The number of esters is 1. The number of carbonyl (C=O) groups excluding carboxylic acids is 1. The Bertz CT molecular complexity index is 320. The molecule has 0 bridgehead atoms. The molecule has 0 amide bonds. The molecule has 0 unspecified atom stereocenters. The van der Waals surface area contributed by atoms with Crippen LogP contribution < -0.4 is 0 Å². The van der Waals surface area contributed by atoms with E-state index >= 15 is 0 Å². The first kappa shape index (κ1) is 12.4. The largest absolute Gasteiger partial charge is 0.469 e. The van der Waals surface area contributed by atoms with E-state index in [2.05, 4.69) is 4.74 Å². The average Bonchev–Trinajstić information content (AvgIpc) is 2.12. The Morgan fingerprint density at radius 3 is 2.60 bits per heavy atom. The lowest BCUT2D eigenvalue weighted by molar-refractivity contribution is -0.140. The molecule has 1 rings (SSSR count). The molecule has 0 saturated carbocycles. The van der Waals surface area contributed by atoms with E-state index in [0.717, 1.165) is 0 Å². The second-order valence-electron chi connectivity index (χ2n) is 3.47. The predicted octanol–water partition coefficient (Wildman–Crippen LogP) is -1.05. The van der Waals surface area contributed by atoms with E-state index in [4.69, 9.17) is 5.11 Å². The number of hydrogen-bond donors (Lipinski definition) is 1. The smallest absolute Gasteiger partial charge is 0.305 e. The molecular formula is C8H15NO5S. The molecular weight excluding hydrogens is 222 g/mol. The number of β-amino-alcohol motifs (C(OH)–C–C–N with tert-alkyl or cyclic N) is 1. The number of nitrogens with zero attached hydrogens (tertiary/aromatic N) is 1. The van der Waals surface area contributed by atoms with E-state index in [0.29, 0.717) is 0 Å². The summed E-state index contributed by atoms with van der Waals surface area (Å²) in [4.78, 5) is 10.7. The van der Waals surface area contributed by atoms with Gasteiger partial charge in [0.05, 0.1) is 19.0 Å². The summed E-state index contributed by atoms with van der Waals surface area (Å²) in [6.07, 6.45) is -0.186. The van der Waals surface area contributed by atoms with Gasteiger partial charge in [-0.05, 0) is 6.42 Å². The van der Waals surface area contributed by atoms with Gasteiger partial charge in [0.15, 0.2) is 0 Å². The van der Waals surface area contributed by atoms with Gasteiger partial charge < -0.3 is 9.84 Å². The molecule has 6 nitrogen and oxygen atoms in total. The van der Waals surface area contributed by atoms with E-state index in [1.807, 2.05) is 0 Å². The minimum atomic E-state index is -3.29. The van der Waals surface area contributed by atoms with E-state index in [9.17, 15) is 13.2 Å². The summed E-state index contributed by atoms with van der Waals surface area (Å²) in [5.74, 6) is -0.483. The highest BCUT2D eigenvalue weighted by molar-refractivity contribution is 7.89. The van der Waals surface area contributed by atoms with Crippen molar-refractivity contribution in [2.75, 3.05) is 26.0 Å². The minimum absolute atomic E-state index is 0.0746. The van der Waals surface area contributed by atoms with Crippen LogP contribution in [0.3, 0.4) is 0 Å². The summed E-state index contributed by atoms with van der Waals surface area (Å²) < 4.78 is 28.6. The molecule has 1 saturated heterocycles. The first-order valence-electron chi connectivity index (χ1n) is 4.68. The van der Waals surface area contributed by atoms with Crippen molar-refractivity contribution in [3.05, 3.63) is 0 Å². The maximum atomic E-state index is 11.5. The quantitative estimate of drug-likeness (QED) is 0.617. The van der Waals surface area contributed by atoms with E-state index < -0.39 is 22.1 Å². The van der Waals surface area contributed by atoms with Crippen LogP contribution in [-0.2, 0) is 19.6 Å². The van der Waals surface area contributed by atoms with E-state index in [1.165, 1.54) is 11.4 Å². The molecule has 0 radical (unpaired) electrons. The van der Waals surface area contributed by atoms with Crippen LogP contribution in [0, 0.1) is 0 Å². The molecule has 1 aliphatic heterocycles. The zero-order valence-corrected chi connectivity index (χ0v) is 9.37. The van der Waals surface area contributed by atoms with Crippen LogP contribution in [0.2, 0.25) is 0 Å². The maximum Gasteiger partial charge on any atom is 0.305 e. The van der Waals surface area contributed by atoms with Gasteiger partial charge in [0.2, 0.25) is 10.0 Å².